The first kappa shape index (κ1) is 19.1. The van der Waals surface area contributed by atoms with Gasteiger partial charge in [0.05, 0.1) is 18.7 Å². The van der Waals surface area contributed by atoms with E-state index in [1.54, 1.807) is 18.2 Å². The van der Waals surface area contributed by atoms with Crippen LogP contribution in [0.5, 0.6) is 5.75 Å². The van der Waals surface area contributed by atoms with Gasteiger partial charge in [0.25, 0.3) is 5.56 Å². The summed E-state index contributed by atoms with van der Waals surface area (Å²) in [6.45, 7) is 3.79. The van der Waals surface area contributed by atoms with Crippen molar-refractivity contribution in [1.82, 2.24) is 4.40 Å². The van der Waals surface area contributed by atoms with Crippen LogP contribution in [0.2, 0.25) is 0 Å². The number of benzene rings is 3. The molecular formula is C23H20NO5P. The molecule has 0 N–H and O–H groups in total. The lowest BCUT2D eigenvalue weighted by Gasteiger charge is -2.17. The fourth-order valence-corrected chi connectivity index (χ4v) is 5.33. The van der Waals surface area contributed by atoms with E-state index in [1.807, 2.05) is 60.7 Å². The van der Waals surface area contributed by atoms with E-state index in [-0.39, 0.29) is 18.8 Å². The number of para-hydroxylation sites is 1. The van der Waals surface area contributed by atoms with Gasteiger partial charge in [-0.3, -0.25) is 18.2 Å². The van der Waals surface area contributed by atoms with Crippen LogP contribution in [0.25, 0.3) is 38.0 Å². The van der Waals surface area contributed by atoms with E-state index >= 15 is 0 Å². The highest BCUT2D eigenvalue weighted by Crippen LogP contribution is 2.53. The van der Waals surface area contributed by atoms with Crippen LogP contribution in [0.15, 0.2) is 65.5 Å². The molecule has 3 aromatic carbocycles. The maximum atomic E-state index is 13.5. The van der Waals surface area contributed by atoms with Crippen LogP contribution >= 0.6 is 7.82 Å². The SMILES string of the molecule is CCOP(=O)(OCC)Oc1c2ccccc2n2c(=O)c3cccc4cccc(c43)c12. The van der Waals surface area contributed by atoms with E-state index in [9.17, 15) is 9.36 Å². The molecule has 0 bridgehead atoms. The lowest BCUT2D eigenvalue weighted by atomic mass is 10.0. The number of rotatable bonds is 6. The molecule has 0 aliphatic carbocycles. The zero-order valence-electron chi connectivity index (χ0n) is 16.6. The van der Waals surface area contributed by atoms with Gasteiger partial charge in [0.15, 0.2) is 5.75 Å². The molecule has 0 saturated carbocycles. The largest absolute Gasteiger partial charge is 0.530 e. The molecule has 0 unspecified atom stereocenters. The third kappa shape index (κ3) is 2.72. The topological polar surface area (TPSA) is 66.2 Å². The third-order valence-corrected chi connectivity index (χ3v) is 6.75. The van der Waals surface area contributed by atoms with Gasteiger partial charge in [0.2, 0.25) is 0 Å². The fourth-order valence-electron chi connectivity index (χ4n) is 4.11. The minimum Gasteiger partial charge on any atom is -0.401 e. The lowest BCUT2D eigenvalue weighted by Crippen LogP contribution is -2.13. The van der Waals surface area contributed by atoms with Crippen molar-refractivity contribution in [2.45, 2.75) is 13.8 Å². The number of phosphoric ester groups is 1. The first-order chi connectivity index (χ1) is 14.6. The molecule has 0 spiro atoms. The second-order valence-corrected chi connectivity index (χ2v) is 8.51. The molecule has 0 saturated heterocycles. The molecule has 0 fully saturated rings. The predicted octanol–water partition coefficient (Wildman–Crippen LogP) is 5.76. The maximum absolute atomic E-state index is 13.5. The van der Waals surface area contributed by atoms with Crippen molar-refractivity contribution >= 4 is 45.8 Å². The Labute approximate surface area is 172 Å². The Balaban J connectivity index is 1.97. The highest BCUT2D eigenvalue weighted by molar-refractivity contribution is 7.49. The summed E-state index contributed by atoms with van der Waals surface area (Å²) in [7, 11) is -3.86. The van der Waals surface area contributed by atoms with Crippen LogP contribution < -0.4 is 10.1 Å². The van der Waals surface area contributed by atoms with Crippen molar-refractivity contribution in [3.8, 4) is 5.75 Å². The van der Waals surface area contributed by atoms with Crippen molar-refractivity contribution in [1.29, 1.82) is 0 Å². The van der Waals surface area contributed by atoms with E-state index in [1.165, 1.54) is 0 Å². The zero-order chi connectivity index (χ0) is 20.9. The van der Waals surface area contributed by atoms with Crippen LogP contribution in [0.4, 0.5) is 0 Å². The quantitative estimate of drug-likeness (QED) is 0.326. The maximum Gasteiger partial charge on any atom is 0.530 e. The summed E-state index contributed by atoms with van der Waals surface area (Å²) in [6, 6.07) is 18.9. The molecule has 6 nitrogen and oxygen atoms in total. The summed E-state index contributed by atoms with van der Waals surface area (Å²) in [5.74, 6) is 0.325. The predicted molar refractivity (Wildman–Crippen MR) is 119 cm³/mol. The Kier molecular flexibility index (Phi) is 4.51. The number of fused-ring (bicyclic) bond motifs is 4. The average molecular weight is 421 g/mol. The highest BCUT2D eigenvalue weighted by atomic mass is 31.2. The molecule has 2 aromatic heterocycles. The number of hydrogen-bond acceptors (Lipinski definition) is 5. The average Bonchev–Trinajstić information content (AvgIpc) is 3.06. The molecule has 0 amide bonds. The summed E-state index contributed by atoms with van der Waals surface area (Å²) < 4.78 is 31.6. The fraction of sp³-hybridized carbons (Fsp3) is 0.174. The first-order valence-corrected chi connectivity index (χ1v) is 11.3. The van der Waals surface area contributed by atoms with Crippen LogP contribution in [-0.4, -0.2) is 17.6 Å². The molecule has 0 aliphatic rings. The van der Waals surface area contributed by atoms with Gasteiger partial charge in [-0.2, -0.15) is 0 Å². The summed E-state index contributed by atoms with van der Waals surface area (Å²) in [6.07, 6.45) is 0. The highest BCUT2D eigenvalue weighted by Gasteiger charge is 2.31. The van der Waals surface area contributed by atoms with Gasteiger partial charge in [-0.15, -0.1) is 0 Å². The number of aromatic nitrogens is 1. The molecule has 0 radical (unpaired) electrons. The smallest absolute Gasteiger partial charge is 0.401 e. The lowest BCUT2D eigenvalue weighted by molar-refractivity contribution is 0.168. The molecule has 7 heteroatoms. The van der Waals surface area contributed by atoms with Crippen LogP contribution in [0.3, 0.4) is 0 Å². The Hall–Kier alpha value is -2.92. The van der Waals surface area contributed by atoms with Gasteiger partial charge in [-0.1, -0.05) is 42.5 Å². The minimum absolute atomic E-state index is 0.150. The third-order valence-electron chi connectivity index (χ3n) is 5.20. The Morgan fingerprint density at radius 1 is 0.833 bits per heavy atom. The molecule has 5 aromatic rings. The van der Waals surface area contributed by atoms with Gasteiger partial charge >= 0.3 is 7.82 Å². The summed E-state index contributed by atoms with van der Waals surface area (Å²) in [4.78, 5) is 13.5. The normalized spacial score (nSPS) is 12.5. The molecule has 2 heterocycles. The molecule has 152 valence electrons. The van der Waals surface area contributed by atoms with Crippen LogP contribution in [0.1, 0.15) is 13.8 Å². The Morgan fingerprint density at radius 3 is 2.17 bits per heavy atom. The number of nitrogens with zero attached hydrogens (tertiary/aromatic N) is 1. The van der Waals surface area contributed by atoms with Crippen molar-refractivity contribution in [2.75, 3.05) is 13.2 Å². The van der Waals surface area contributed by atoms with Crippen LogP contribution in [-0.2, 0) is 13.6 Å². The minimum atomic E-state index is -3.86. The molecule has 30 heavy (non-hydrogen) atoms. The van der Waals surface area contributed by atoms with E-state index < -0.39 is 7.82 Å². The van der Waals surface area contributed by atoms with Gasteiger partial charge in [0.1, 0.15) is 5.52 Å². The summed E-state index contributed by atoms with van der Waals surface area (Å²) in [5, 5.41) is 3.95. The second kappa shape index (κ2) is 7.10. The van der Waals surface area contributed by atoms with Crippen molar-refractivity contribution in [3.05, 3.63) is 71.0 Å². The van der Waals surface area contributed by atoms with E-state index in [0.717, 1.165) is 16.2 Å². The number of pyridine rings is 1. The molecule has 0 atom stereocenters. The number of phosphoric acid groups is 1. The first-order valence-electron chi connectivity index (χ1n) is 9.87. The summed E-state index contributed by atoms with van der Waals surface area (Å²) in [5.41, 5.74) is 1.09. The van der Waals surface area contributed by atoms with Gasteiger partial charge in [-0.05, 0) is 37.4 Å². The zero-order valence-corrected chi connectivity index (χ0v) is 17.5. The monoisotopic (exact) mass is 421 g/mol. The van der Waals surface area contributed by atoms with E-state index in [4.69, 9.17) is 13.6 Å². The Bertz CT molecular complexity index is 1490. The van der Waals surface area contributed by atoms with Gasteiger partial charge in [-0.25, -0.2) is 4.57 Å². The van der Waals surface area contributed by atoms with Gasteiger partial charge in [0, 0.05) is 21.5 Å². The Morgan fingerprint density at radius 2 is 1.47 bits per heavy atom. The molecule has 5 rings (SSSR count). The van der Waals surface area contributed by atoms with Gasteiger partial charge < -0.3 is 4.52 Å². The summed E-state index contributed by atoms with van der Waals surface area (Å²) >= 11 is 0. The van der Waals surface area contributed by atoms with Crippen molar-refractivity contribution in [2.24, 2.45) is 0 Å². The number of hydrogen-bond donors (Lipinski definition) is 0. The standard InChI is InChI=1S/C23H20NO5P/c1-3-27-30(26,28-4-2)29-22-16-11-5-6-14-19(16)24-21(22)17-12-7-9-15-10-8-13-18(20(15)17)23(24)25/h5-14H,3-4H2,1-2H3. The van der Waals surface area contributed by atoms with E-state index in [2.05, 4.69) is 0 Å². The van der Waals surface area contributed by atoms with Crippen LogP contribution in [0, 0.1) is 0 Å². The van der Waals surface area contributed by atoms with Crippen molar-refractivity contribution in [3.63, 3.8) is 0 Å². The molecule has 0 aliphatic heterocycles. The van der Waals surface area contributed by atoms with E-state index in [0.29, 0.717) is 27.6 Å². The van der Waals surface area contributed by atoms with Crippen molar-refractivity contribution < 1.29 is 18.1 Å². The molecular weight excluding hydrogens is 401 g/mol. The second-order valence-electron chi connectivity index (χ2n) is 6.92.